The molecular weight excluding hydrogens is 254 g/mol. The Morgan fingerprint density at radius 3 is 2.47 bits per heavy atom. The van der Waals surface area contributed by atoms with Gasteiger partial charge >= 0.3 is 0 Å². The molecule has 0 bridgehead atoms. The fraction of sp³-hybridized carbons (Fsp3) is 0.647. The number of nitrogens with one attached hydrogen (secondary N) is 1. The molecule has 106 valence electrons. The lowest BCUT2D eigenvalue weighted by Gasteiger charge is -2.31. The topological polar surface area (TPSA) is 12.0 Å². The second-order valence-corrected chi connectivity index (χ2v) is 6.32. The highest BCUT2D eigenvalue weighted by Crippen LogP contribution is 2.27. The molecule has 0 amide bonds. The van der Waals surface area contributed by atoms with Crippen LogP contribution in [0.4, 0.5) is 0 Å². The quantitative estimate of drug-likeness (QED) is 0.744. The van der Waals surface area contributed by atoms with Crippen molar-refractivity contribution in [3.63, 3.8) is 0 Å². The van der Waals surface area contributed by atoms with Crippen LogP contribution in [0.25, 0.3) is 0 Å². The molecule has 0 aliphatic heterocycles. The van der Waals surface area contributed by atoms with E-state index >= 15 is 0 Å². The predicted octanol–water partition coefficient (Wildman–Crippen LogP) is 4.70. The Kier molecular flexibility index (Phi) is 5.72. The molecule has 0 saturated heterocycles. The van der Waals surface area contributed by atoms with E-state index in [1.807, 2.05) is 0 Å². The minimum atomic E-state index is -0.0997. The molecule has 1 saturated carbocycles. The van der Waals surface area contributed by atoms with Gasteiger partial charge in [0, 0.05) is 5.88 Å². The number of hydrogen-bond acceptors (Lipinski definition) is 1. The summed E-state index contributed by atoms with van der Waals surface area (Å²) in [5.41, 5.74) is 1.19. The van der Waals surface area contributed by atoms with Crippen LogP contribution in [0.2, 0.25) is 0 Å². The Balaban J connectivity index is 1.85. The van der Waals surface area contributed by atoms with Gasteiger partial charge in [-0.25, -0.2) is 0 Å². The zero-order valence-corrected chi connectivity index (χ0v) is 12.8. The Labute approximate surface area is 122 Å². The Morgan fingerprint density at radius 2 is 1.84 bits per heavy atom. The predicted molar refractivity (Wildman–Crippen MR) is 83.7 cm³/mol. The van der Waals surface area contributed by atoms with Crippen LogP contribution < -0.4 is 5.32 Å². The van der Waals surface area contributed by atoms with Crippen LogP contribution in [-0.2, 0) is 5.54 Å². The summed E-state index contributed by atoms with van der Waals surface area (Å²) in [4.78, 5) is 0. The average molecular weight is 280 g/mol. The lowest BCUT2D eigenvalue weighted by atomic mass is 9.86. The van der Waals surface area contributed by atoms with E-state index < -0.39 is 0 Å². The Hall–Kier alpha value is -0.530. The molecule has 1 fully saturated rings. The van der Waals surface area contributed by atoms with Gasteiger partial charge in [0.25, 0.3) is 0 Å². The van der Waals surface area contributed by atoms with Crippen molar-refractivity contribution in [3.8, 4) is 0 Å². The summed E-state index contributed by atoms with van der Waals surface area (Å²) in [5.74, 6) is 1.54. The number of benzene rings is 1. The third-order valence-electron chi connectivity index (χ3n) is 4.47. The van der Waals surface area contributed by atoms with Crippen LogP contribution in [0, 0.1) is 5.92 Å². The molecule has 1 aromatic rings. The standard InChI is InChI=1S/C17H26ClN/c1-17(14-18,16-10-6-3-7-11-16)19-13-12-15-8-4-2-5-9-15/h3,6-7,10-11,15,19H,2,4-5,8-9,12-14H2,1H3. The van der Waals surface area contributed by atoms with Crippen LogP contribution >= 0.6 is 11.6 Å². The van der Waals surface area contributed by atoms with E-state index in [9.17, 15) is 0 Å². The van der Waals surface area contributed by atoms with E-state index in [0.29, 0.717) is 5.88 Å². The molecule has 0 radical (unpaired) electrons. The van der Waals surface area contributed by atoms with Crippen molar-refractivity contribution in [2.45, 2.75) is 51.0 Å². The lowest BCUT2D eigenvalue weighted by molar-refractivity contribution is 0.311. The summed E-state index contributed by atoms with van der Waals surface area (Å²) < 4.78 is 0. The summed E-state index contributed by atoms with van der Waals surface area (Å²) in [7, 11) is 0. The van der Waals surface area contributed by atoms with E-state index in [1.165, 1.54) is 44.1 Å². The van der Waals surface area contributed by atoms with Gasteiger partial charge in [-0.05, 0) is 31.4 Å². The third-order valence-corrected chi connectivity index (χ3v) is 5.01. The molecule has 19 heavy (non-hydrogen) atoms. The van der Waals surface area contributed by atoms with Crippen molar-refractivity contribution in [1.82, 2.24) is 5.32 Å². The molecule has 1 aliphatic rings. The summed E-state index contributed by atoms with van der Waals surface area (Å²) in [6.07, 6.45) is 8.42. The van der Waals surface area contributed by atoms with Crippen molar-refractivity contribution < 1.29 is 0 Å². The molecule has 1 N–H and O–H groups in total. The second-order valence-electron chi connectivity index (χ2n) is 6.05. The first kappa shape index (κ1) is 14.9. The van der Waals surface area contributed by atoms with E-state index in [1.54, 1.807) is 0 Å². The first-order valence-corrected chi connectivity index (χ1v) is 8.14. The second kappa shape index (κ2) is 7.31. The Morgan fingerprint density at radius 1 is 1.16 bits per heavy atom. The van der Waals surface area contributed by atoms with Gasteiger partial charge in [0.1, 0.15) is 0 Å². The zero-order valence-electron chi connectivity index (χ0n) is 12.0. The van der Waals surface area contributed by atoms with Crippen LogP contribution in [-0.4, -0.2) is 12.4 Å². The van der Waals surface area contributed by atoms with Crippen LogP contribution in [0.5, 0.6) is 0 Å². The molecule has 2 rings (SSSR count). The van der Waals surface area contributed by atoms with Gasteiger partial charge in [-0.15, -0.1) is 11.6 Å². The summed E-state index contributed by atoms with van der Waals surface area (Å²) in [6, 6.07) is 10.6. The highest BCUT2D eigenvalue weighted by atomic mass is 35.5. The monoisotopic (exact) mass is 279 g/mol. The van der Waals surface area contributed by atoms with E-state index in [2.05, 4.69) is 42.6 Å². The maximum atomic E-state index is 6.20. The van der Waals surface area contributed by atoms with Gasteiger partial charge in [0.15, 0.2) is 0 Å². The number of rotatable bonds is 6. The van der Waals surface area contributed by atoms with Gasteiger partial charge in [-0.2, -0.15) is 0 Å². The molecule has 0 aromatic heterocycles. The van der Waals surface area contributed by atoms with Gasteiger partial charge < -0.3 is 5.32 Å². The smallest absolute Gasteiger partial charge is 0.0543 e. The first-order chi connectivity index (χ1) is 9.24. The van der Waals surface area contributed by atoms with Crippen molar-refractivity contribution >= 4 is 11.6 Å². The van der Waals surface area contributed by atoms with E-state index in [0.717, 1.165) is 12.5 Å². The molecule has 1 aromatic carbocycles. The van der Waals surface area contributed by atoms with Crippen LogP contribution in [0.15, 0.2) is 30.3 Å². The van der Waals surface area contributed by atoms with E-state index in [-0.39, 0.29) is 5.54 Å². The molecule has 1 atom stereocenters. The highest BCUT2D eigenvalue weighted by Gasteiger charge is 2.25. The SMILES string of the molecule is CC(CCl)(NCCC1CCCCC1)c1ccccc1. The maximum absolute atomic E-state index is 6.20. The minimum Gasteiger partial charge on any atom is -0.307 e. The maximum Gasteiger partial charge on any atom is 0.0543 e. The third kappa shape index (κ3) is 4.22. The molecule has 2 heteroatoms. The lowest BCUT2D eigenvalue weighted by Crippen LogP contribution is -2.42. The van der Waals surface area contributed by atoms with Crippen molar-refractivity contribution in [2.75, 3.05) is 12.4 Å². The average Bonchev–Trinajstić information content (AvgIpc) is 2.49. The normalized spacial score (nSPS) is 20.1. The van der Waals surface area contributed by atoms with Crippen LogP contribution in [0.1, 0.15) is 51.0 Å². The molecule has 1 unspecified atom stereocenters. The molecular formula is C17H26ClN. The van der Waals surface area contributed by atoms with Gasteiger partial charge in [-0.1, -0.05) is 62.4 Å². The van der Waals surface area contributed by atoms with Crippen molar-refractivity contribution in [1.29, 1.82) is 0 Å². The molecule has 0 spiro atoms. The summed E-state index contributed by atoms with van der Waals surface area (Å²) in [5, 5.41) is 3.68. The largest absolute Gasteiger partial charge is 0.307 e. The number of halogens is 1. The van der Waals surface area contributed by atoms with Crippen LogP contribution in [0.3, 0.4) is 0 Å². The molecule has 0 heterocycles. The molecule has 1 nitrogen and oxygen atoms in total. The van der Waals surface area contributed by atoms with Gasteiger partial charge in [-0.3, -0.25) is 0 Å². The summed E-state index contributed by atoms with van der Waals surface area (Å²) in [6.45, 7) is 3.28. The summed E-state index contributed by atoms with van der Waals surface area (Å²) >= 11 is 6.20. The van der Waals surface area contributed by atoms with Crippen molar-refractivity contribution in [3.05, 3.63) is 35.9 Å². The van der Waals surface area contributed by atoms with Gasteiger partial charge in [0.05, 0.1) is 5.54 Å². The highest BCUT2D eigenvalue weighted by molar-refractivity contribution is 6.18. The number of alkyl halides is 1. The number of hydrogen-bond donors (Lipinski definition) is 1. The van der Waals surface area contributed by atoms with Gasteiger partial charge in [0.2, 0.25) is 0 Å². The first-order valence-electron chi connectivity index (χ1n) is 7.61. The van der Waals surface area contributed by atoms with Crippen molar-refractivity contribution in [2.24, 2.45) is 5.92 Å². The fourth-order valence-corrected chi connectivity index (χ4v) is 3.31. The zero-order chi connectivity index (χ0) is 13.6. The van der Waals surface area contributed by atoms with E-state index in [4.69, 9.17) is 11.6 Å². The molecule has 1 aliphatic carbocycles. The fourth-order valence-electron chi connectivity index (χ4n) is 3.06. The minimum absolute atomic E-state index is 0.0997. The Bertz CT molecular complexity index is 359.